The third-order valence-corrected chi connectivity index (χ3v) is 3.09. The minimum atomic E-state index is -3.97. The lowest BCUT2D eigenvalue weighted by molar-refractivity contribution is 0.373. The number of aromatic nitrogens is 2. The average molecular weight is 274 g/mol. The fraction of sp³-hybridized carbons (Fsp3) is 0.400. The molecule has 0 saturated carbocycles. The van der Waals surface area contributed by atoms with Gasteiger partial charge < -0.3 is 9.79 Å². The number of aromatic amines is 1. The van der Waals surface area contributed by atoms with Crippen LogP contribution in [-0.4, -0.2) is 25.5 Å². The maximum Gasteiger partial charge on any atom is 0.328 e. The Morgan fingerprint density at radius 3 is 2.67 bits per heavy atom. The number of allylic oxidation sites excluding steroid dienone is 2. The van der Waals surface area contributed by atoms with Crippen LogP contribution in [-0.2, 0) is 11.1 Å². The van der Waals surface area contributed by atoms with Crippen molar-refractivity contribution < 1.29 is 14.4 Å². The molecule has 0 saturated heterocycles. The molecule has 1 aromatic heterocycles. The molecule has 8 heteroatoms. The van der Waals surface area contributed by atoms with E-state index in [4.69, 9.17) is 9.79 Å². The Morgan fingerprint density at radius 1 is 1.39 bits per heavy atom. The van der Waals surface area contributed by atoms with Crippen molar-refractivity contribution in [1.29, 1.82) is 0 Å². The first-order valence-electron chi connectivity index (χ1n) is 5.29. The second-order valence-electron chi connectivity index (χ2n) is 3.87. The molecule has 1 heterocycles. The van der Waals surface area contributed by atoms with Gasteiger partial charge in [0.05, 0.1) is 6.16 Å². The zero-order chi connectivity index (χ0) is 13.8. The first-order valence-corrected chi connectivity index (χ1v) is 7.09. The SMILES string of the molecule is Cc1cn(C/C=C/CCP(=O)(O)O)c(=O)[nH]c1=O. The van der Waals surface area contributed by atoms with Crippen molar-refractivity contribution in [3.8, 4) is 0 Å². The Hall–Kier alpha value is -1.43. The van der Waals surface area contributed by atoms with Crippen LogP contribution >= 0.6 is 7.60 Å². The molecule has 0 spiro atoms. The molecule has 0 amide bonds. The van der Waals surface area contributed by atoms with E-state index in [-0.39, 0.29) is 19.1 Å². The Labute approximate surface area is 103 Å². The van der Waals surface area contributed by atoms with E-state index in [1.54, 1.807) is 19.1 Å². The smallest absolute Gasteiger partial charge is 0.324 e. The van der Waals surface area contributed by atoms with Gasteiger partial charge in [0.2, 0.25) is 0 Å². The van der Waals surface area contributed by atoms with Gasteiger partial charge in [0, 0.05) is 18.3 Å². The molecule has 0 aliphatic rings. The van der Waals surface area contributed by atoms with Crippen molar-refractivity contribution in [1.82, 2.24) is 9.55 Å². The van der Waals surface area contributed by atoms with Crippen LogP contribution in [0.2, 0.25) is 0 Å². The predicted molar refractivity (Wildman–Crippen MR) is 66.7 cm³/mol. The van der Waals surface area contributed by atoms with Crippen LogP contribution in [0.25, 0.3) is 0 Å². The van der Waals surface area contributed by atoms with E-state index in [1.165, 1.54) is 10.8 Å². The summed E-state index contributed by atoms with van der Waals surface area (Å²) in [6, 6.07) is 0. The second kappa shape index (κ2) is 5.95. The highest BCUT2D eigenvalue weighted by Gasteiger charge is 2.09. The van der Waals surface area contributed by atoms with Gasteiger partial charge in [-0.05, 0) is 13.3 Å². The van der Waals surface area contributed by atoms with Crippen LogP contribution in [0.3, 0.4) is 0 Å². The highest BCUT2D eigenvalue weighted by atomic mass is 31.2. The molecular formula is C10H15N2O5P. The highest BCUT2D eigenvalue weighted by molar-refractivity contribution is 7.51. The molecule has 18 heavy (non-hydrogen) atoms. The number of nitrogens with one attached hydrogen (secondary N) is 1. The van der Waals surface area contributed by atoms with E-state index in [1.807, 2.05) is 0 Å². The van der Waals surface area contributed by atoms with Gasteiger partial charge in [-0.15, -0.1) is 0 Å². The Bertz CT molecular complexity index is 595. The lowest BCUT2D eigenvalue weighted by Crippen LogP contribution is -2.30. The summed E-state index contributed by atoms with van der Waals surface area (Å²) < 4.78 is 11.9. The van der Waals surface area contributed by atoms with Gasteiger partial charge in [0.15, 0.2) is 0 Å². The summed E-state index contributed by atoms with van der Waals surface area (Å²) in [4.78, 5) is 41.9. The van der Waals surface area contributed by atoms with Crippen molar-refractivity contribution in [2.75, 3.05) is 6.16 Å². The summed E-state index contributed by atoms with van der Waals surface area (Å²) in [6.45, 7) is 1.84. The summed E-state index contributed by atoms with van der Waals surface area (Å²) in [5, 5.41) is 0. The quantitative estimate of drug-likeness (QED) is 0.515. The summed E-state index contributed by atoms with van der Waals surface area (Å²) in [6.07, 6.45) is 4.67. The van der Waals surface area contributed by atoms with E-state index in [0.717, 1.165) is 0 Å². The third-order valence-electron chi connectivity index (χ3n) is 2.24. The molecule has 3 N–H and O–H groups in total. The molecule has 7 nitrogen and oxygen atoms in total. The number of rotatable bonds is 5. The molecule has 0 aliphatic heterocycles. The molecule has 100 valence electrons. The van der Waals surface area contributed by atoms with Crippen molar-refractivity contribution in [2.45, 2.75) is 19.9 Å². The fourth-order valence-electron chi connectivity index (χ4n) is 1.30. The van der Waals surface area contributed by atoms with E-state index >= 15 is 0 Å². The molecule has 1 rings (SSSR count). The van der Waals surface area contributed by atoms with Crippen LogP contribution in [0, 0.1) is 6.92 Å². The first-order chi connectivity index (χ1) is 8.29. The summed E-state index contributed by atoms with van der Waals surface area (Å²) in [7, 11) is -3.97. The standard InChI is InChI=1S/C10H15N2O5P/c1-8-7-12(10(14)11-9(8)13)5-3-2-4-6-18(15,16)17/h2-3,7H,4-6H2,1H3,(H,11,13,14)(H2,15,16,17)/b3-2+. The molecule has 0 bridgehead atoms. The molecule has 0 unspecified atom stereocenters. The number of hydrogen-bond donors (Lipinski definition) is 3. The Morgan fingerprint density at radius 2 is 2.06 bits per heavy atom. The number of aryl methyl sites for hydroxylation is 1. The van der Waals surface area contributed by atoms with Gasteiger partial charge in [-0.2, -0.15) is 0 Å². The van der Waals surface area contributed by atoms with Crippen molar-refractivity contribution in [3.63, 3.8) is 0 Å². The third kappa shape index (κ3) is 4.83. The lowest BCUT2D eigenvalue weighted by atomic mass is 10.3. The number of nitrogens with zero attached hydrogens (tertiary/aromatic N) is 1. The largest absolute Gasteiger partial charge is 0.328 e. The van der Waals surface area contributed by atoms with Gasteiger partial charge in [0.1, 0.15) is 0 Å². The van der Waals surface area contributed by atoms with Gasteiger partial charge in [-0.1, -0.05) is 12.2 Å². The van der Waals surface area contributed by atoms with Crippen LogP contribution in [0.15, 0.2) is 27.9 Å². The molecule has 0 radical (unpaired) electrons. The molecular weight excluding hydrogens is 259 g/mol. The van der Waals surface area contributed by atoms with Gasteiger partial charge in [-0.3, -0.25) is 18.9 Å². The van der Waals surface area contributed by atoms with E-state index in [0.29, 0.717) is 5.56 Å². The molecule has 0 aliphatic carbocycles. The maximum absolute atomic E-state index is 11.4. The van der Waals surface area contributed by atoms with E-state index in [2.05, 4.69) is 4.98 Å². The average Bonchev–Trinajstić information content (AvgIpc) is 2.23. The molecule has 0 atom stereocenters. The predicted octanol–water partition coefficient (Wildman–Crippen LogP) is -0.0310. The maximum atomic E-state index is 11.4. The minimum Gasteiger partial charge on any atom is -0.324 e. The summed E-state index contributed by atoms with van der Waals surface area (Å²) in [5.74, 6) is 0. The lowest BCUT2D eigenvalue weighted by Gasteiger charge is -2.02. The zero-order valence-corrected chi connectivity index (χ0v) is 10.8. The van der Waals surface area contributed by atoms with Crippen LogP contribution in [0.4, 0.5) is 0 Å². The van der Waals surface area contributed by atoms with E-state index in [9.17, 15) is 14.2 Å². The molecule has 0 fully saturated rings. The topological polar surface area (TPSA) is 112 Å². The van der Waals surface area contributed by atoms with Gasteiger partial charge in [-0.25, -0.2) is 4.79 Å². The first kappa shape index (κ1) is 14.6. The van der Waals surface area contributed by atoms with Crippen molar-refractivity contribution >= 4 is 7.60 Å². The summed E-state index contributed by atoms with van der Waals surface area (Å²) in [5.41, 5.74) is -0.495. The minimum absolute atomic E-state index is 0.219. The zero-order valence-electron chi connectivity index (χ0n) is 9.87. The number of hydrogen-bond acceptors (Lipinski definition) is 3. The van der Waals surface area contributed by atoms with E-state index < -0.39 is 18.8 Å². The van der Waals surface area contributed by atoms with Gasteiger partial charge in [0.25, 0.3) is 5.56 Å². The van der Waals surface area contributed by atoms with Crippen molar-refractivity contribution in [2.24, 2.45) is 0 Å². The van der Waals surface area contributed by atoms with Gasteiger partial charge >= 0.3 is 13.3 Å². The Balaban J connectivity index is 2.62. The Kier molecular flexibility index (Phi) is 4.84. The van der Waals surface area contributed by atoms with Crippen LogP contribution in [0.1, 0.15) is 12.0 Å². The fourth-order valence-corrected chi connectivity index (χ4v) is 1.79. The monoisotopic (exact) mass is 274 g/mol. The summed E-state index contributed by atoms with van der Waals surface area (Å²) >= 11 is 0. The molecule has 1 aromatic rings. The van der Waals surface area contributed by atoms with Crippen molar-refractivity contribution in [3.05, 3.63) is 44.8 Å². The normalized spacial score (nSPS) is 12.2. The molecule has 0 aromatic carbocycles. The second-order valence-corrected chi connectivity index (χ2v) is 5.65. The van der Waals surface area contributed by atoms with Crippen LogP contribution in [0.5, 0.6) is 0 Å². The number of H-pyrrole nitrogens is 1. The highest BCUT2D eigenvalue weighted by Crippen LogP contribution is 2.34. The van der Waals surface area contributed by atoms with Crippen LogP contribution < -0.4 is 11.2 Å².